The Balaban J connectivity index is 1.36. The fourth-order valence-electron chi connectivity index (χ4n) is 6.86. The van der Waals surface area contributed by atoms with Crippen molar-refractivity contribution in [3.05, 3.63) is 139 Å². The van der Waals surface area contributed by atoms with E-state index in [1.807, 2.05) is 60.7 Å². The number of benzene rings is 6. The molecule has 0 radical (unpaired) electrons. The molecule has 8 rings (SSSR count). The van der Waals surface area contributed by atoms with Crippen LogP contribution in [0.1, 0.15) is 38.8 Å². The average molecular weight is 568 g/mol. The molecule has 0 saturated carbocycles. The van der Waals surface area contributed by atoms with Gasteiger partial charge in [0.25, 0.3) is 0 Å². The highest BCUT2D eigenvalue weighted by Crippen LogP contribution is 2.54. The molecule has 212 valence electrons. The summed E-state index contributed by atoms with van der Waals surface area (Å²) < 4.78 is 0. The monoisotopic (exact) mass is 567 g/mol. The summed E-state index contributed by atoms with van der Waals surface area (Å²) in [5.41, 5.74) is 8.35. The van der Waals surface area contributed by atoms with E-state index in [2.05, 4.69) is 94.4 Å². The van der Waals surface area contributed by atoms with E-state index < -0.39 is 0 Å². The van der Waals surface area contributed by atoms with Crippen LogP contribution in [0.5, 0.6) is 0 Å². The molecule has 0 atom stereocenters. The highest BCUT2D eigenvalue weighted by molar-refractivity contribution is 6.10. The van der Waals surface area contributed by atoms with Crippen molar-refractivity contribution in [3.8, 4) is 45.3 Å². The van der Waals surface area contributed by atoms with Crippen molar-refractivity contribution in [2.75, 3.05) is 0 Å². The normalized spacial score (nSPS) is 14.7. The first kappa shape index (κ1) is 26.5. The van der Waals surface area contributed by atoms with E-state index >= 15 is 0 Å². The largest absolute Gasteiger partial charge is 0.208 e. The Morgan fingerprint density at radius 2 is 0.886 bits per heavy atom. The molecular weight excluding hydrogens is 534 g/mol. The number of rotatable bonds is 3. The molecule has 0 saturated heterocycles. The van der Waals surface area contributed by atoms with E-state index in [4.69, 9.17) is 15.0 Å². The van der Waals surface area contributed by atoms with Crippen molar-refractivity contribution < 1.29 is 0 Å². The lowest BCUT2D eigenvalue weighted by molar-refractivity contribution is 0.299. The van der Waals surface area contributed by atoms with Crippen LogP contribution in [0.15, 0.2) is 127 Å². The van der Waals surface area contributed by atoms with Crippen molar-refractivity contribution in [2.24, 2.45) is 0 Å². The highest BCUT2D eigenvalue weighted by atomic mass is 15.0. The lowest BCUT2D eigenvalue weighted by Gasteiger charge is -2.48. The average Bonchev–Trinajstić information content (AvgIpc) is 3.07. The van der Waals surface area contributed by atoms with Gasteiger partial charge in [-0.3, -0.25) is 0 Å². The summed E-state index contributed by atoms with van der Waals surface area (Å²) in [6.07, 6.45) is 0. The summed E-state index contributed by atoms with van der Waals surface area (Å²) in [5.74, 6) is 2.01. The Morgan fingerprint density at radius 3 is 1.55 bits per heavy atom. The van der Waals surface area contributed by atoms with E-state index in [1.54, 1.807) is 0 Å². The quantitative estimate of drug-likeness (QED) is 0.199. The number of aromatic nitrogens is 3. The minimum absolute atomic E-state index is 0.000106. The lowest BCUT2D eigenvalue weighted by Crippen LogP contribution is -2.43. The van der Waals surface area contributed by atoms with Gasteiger partial charge in [0.05, 0.1) is 0 Å². The molecule has 0 spiro atoms. The van der Waals surface area contributed by atoms with Crippen LogP contribution in [0.3, 0.4) is 0 Å². The third kappa shape index (κ3) is 4.00. The lowest BCUT2D eigenvalue weighted by atomic mass is 9.55. The Bertz CT molecular complexity index is 2160. The predicted octanol–water partition coefficient (Wildman–Crippen LogP) is 10.4. The second-order valence-electron chi connectivity index (χ2n) is 13.0. The Hall–Kier alpha value is -5.15. The molecule has 1 aromatic heterocycles. The number of hydrogen-bond donors (Lipinski definition) is 0. The van der Waals surface area contributed by atoms with Gasteiger partial charge in [-0.1, -0.05) is 137 Å². The molecule has 6 aromatic carbocycles. The minimum atomic E-state index is -0.0335. The molecule has 1 heterocycles. The first-order valence-electron chi connectivity index (χ1n) is 15.3. The van der Waals surface area contributed by atoms with Crippen LogP contribution in [0, 0.1) is 0 Å². The molecule has 0 unspecified atom stereocenters. The van der Waals surface area contributed by atoms with E-state index in [0.717, 1.165) is 16.7 Å². The molecule has 1 aliphatic carbocycles. The van der Waals surface area contributed by atoms with Crippen LogP contribution < -0.4 is 0 Å². The van der Waals surface area contributed by atoms with Crippen LogP contribution in [0.4, 0.5) is 0 Å². The third-order valence-electron chi connectivity index (χ3n) is 10.1. The maximum Gasteiger partial charge on any atom is 0.164 e. The Morgan fingerprint density at radius 1 is 0.386 bits per heavy atom. The summed E-state index contributed by atoms with van der Waals surface area (Å²) in [5, 5.41) is 4.90. The number of hydrogen-bond acceptors (Lipinski definition) is 3. The van der Waals surface area contributed by atoms with Crippen molar-refractivity contribution in [1.29, 1.82) is 0 Å². The Labute approximate surface area is 258 Å². The summed E-state index contributed by atoms with van der Waals surface area (Å²) >= 11 is 0. The zero-order valence-electron chi connectivity index (χ0n) is 25.5. The van der Waals surface area contributed by atoms with Crippen molar-refractivity contribution in [2.45, 2.75) is 38.5 Å². The van der Waals surface area contributed by atoms with Crippen LogP contribution in [-0.2, 0) is 10.8 Å². The minimum Gasteiger partial charge on any atom is -0.208 e. The molecular formula is C41H33N3. The van der Waals surface area contributed by atoms with Crippen LogP contribution >= 0.6 is 0 Å². The van der Waals surface area contributed by atoms with Gasteiger partial charge >= 0.3 is 0 Å². The van der Waals surface area contributed by atoms with Gasteiger partial charge in [-0.2, -0.15) is 0 Å². The topological polar surface area (TPSA) is 38.7 Å². The second kappa shape index (κ2) is 9.68. The van der Waals surface area contributed by atoms with E-state index in [0.29, 0.717) is 17.5 Å². The van der Waals surface area contributed by atoms with Crippen molar-refractivity contribution in [1.82, 2.24) is 15.0 Å². The van der Waals surface area contributed by atoms with Gasteiger partial charge in [-0.25, -0.2) is 15.0 Å². The SMILES string of the molecule is CC1(C)c2ccccc2-c2cc3c(ccc4ccc(-c5nc(-c6ccccc6)nc(-c6ccccc6)n5)cc43)cc2C1(C)C. The van der Waals surface area contributed by atoms with Gasteiger partial charge in [0, 0.05) is 16.7 Å². The zero-order valence-corrected chi connectivity index (χ0v) is 25.5. The summed E-state index contributed by atoms with van der Waals surface area (Å²) in [7, 11) is 0. The molecule has 0 N–H and O–H groups in total. The fraction of sp³-hybridized carbons (Fsp3) is 0.146. The molecule has 0 aliphatic heterocycles. The molecule has 3 heteroatoms. The summed E-state index contributed by atoms with van der Waals surface area (Å²) in [4.78, 5) is 14.9. The molecule has 3 nitrogen and oxygen atoms in total. The van der Waals surface area contributed by atoms with Gasteiger partial charge in [0.15, 0.2) is 17.5 Å². The summed E-state index contributed by atoms with van der Waals surface area (Å²) in [6.45, 7) is 9.55. The van der Waals surface area contributed by atoms with E-state index in [9.17, 15) is 0 Å². The van der Waals surface area contributed by atoms with Crippen LogP contribution in [0.25, 0.3) is 66.8 Å². The Kier molecular flexibility index (Phi) is 5.83. The summed E-state index contributed by atoms with van der Waals surface area (Å²) in [6, 6.07) is 45.2. The standard InChI is InChI=1S/C41H33N3/c1-40(2)35-18-12-11-17-31(35)34-25-33-29(24-36(34)41(40,3)4)21-19-26-20-22-30(23-32(26)33)39-43-37(27-13-7-5-8-14-27)42-38(44-39)28-15-9-6-10-16-28/h5-25H,1-4H3. The van der Waals surface area contributed by atoms with E-state index in [1.165, 1.54) is 43.8 Å². The van der Waals surface area contributed by atoms with Gasteiger partial charge < -0.3 is 0 Å². The number of nitrogens with zero attached hydrogens (tertiary/aromatic N) is 3. The van der Waals surface area contributed by atoms with Crippen LogP contribution in [0.2, 0.25) is 0 Å². The first-order chi connectivity index (χ1) is 21.3. The maximum atomic E-state index is 5.00. The predicted molar refractivity (Wildman–Crippen MR) is 183 cm³/mol. The molecule has 44 heavy (non-hydrogen) atoms. The van der Waals surface area contributed by atoms with E-state index in [-0.39, 0.29) is 10.8 Å². The fourth-order valence-corrected chi connectivity index (χ4v) is 6.86. The zero-order chi connectivity index (χ0) is 30.1. The smallest absolute Gasteiger partial charge is 0.164 e. The number of fused-ring (bicyclic) bond motifs is 6. The molecule has 0 bridgehead atoms. The maximum absolute atomic E-state index is 5.00. The third-order valence-corrected chi connectivity index (χ3v) is 10.1. The van der Waals surface area contributed by atoms with Gasteiger partial charge in [-0.15, -0.1) is 0 Å². The first-order valence-corrected chi connectivity index (χ1v) is 15.3. The highest BCUT2D eigenvalue weighted by Gasteiger charge is 2.45. The van der Waals surface area contributed by atoms with Gasteiger partial charge in [-0.05, 0) is 72.8 Å². The molecule has 1 aliphatic rings. The molecule has 0 amide bonds. The van der Waals surface area contributed by atoms with Crippen LogP contribution in [-0.4, -0.2) is 15.0 Å². The van der Waals surface area contributed by atoms with Gasteiger partial charge in [0.1, 0.15) is 0 Å². The van der Waals surface area contributed by atoms with Crippen molar-refractivity contribution in [3.63, 3.8) is 0 Å². The molecule has 0 fully saturated rings. The van der Waals surface area contributed by atoms with Gasteiger partial charge in [0.2, 0.25) is 0 Å². The van der Waals surface area contributed by atoms with Crippen molar-refractivity contribution >= 4 is 21.5 Å². The second-order valence-corrected chi connectivity index (χ2v) is 13.0. The molecule has 7 aromatic rings.